The van der Waals surface area contributed by atoms with Crippen LogP contribution in [0.5, 0.6) is 0 Å². The minimum Gasteiger partial charge on any atom is -0.480 e. The lowest BCUT2D eigenvalue weighted by atomic mass is 10.2. The largest absolute Gasteiger partial charge is 0.480 e. The molecule has 5 nitrogen and oxygen atoms in total. The van der Waals surface area contributed by atoms with Gasteiger partial charge in [0.05, 0.1) is 10.6 Å². The predicted molar refractivity (Wildman–Crippen MR) is 71.0 cm³/mol. The Balaban J connectivity index is 2.44. The maximum atomic E-state index is 12.6. The molecule has 10 heteroatoms. The normalized spacial score (nSPS) is 20.3. The van der Waals surface area contributed by atoms with E-state index >= 15 is 0 Å². The minimum atomic E-state index is -4.65. The first-order valence-electron chi connectivity index (χ1n) is 6.16. The molecule has 0 saturated carbocycles. The zero-order valence-corrected chi connectivity index (χ0v) is 12.5. The average Bonchev–Trinajstić information content (AvgIpc) is 2.87. The molecule has 1 aromatic carbocycles. The van der Waals surface area contributed by atoms with Crippen LogP contribution in [0.4, 0.5) is 13.2 Å². The van der Waals surface area contributed by atoms with Crippen LogP contribution in [-0.2, 0) is 21.0 Å². The van der Waals surface area contributed by atoms with Crippen LogP contribution in [0.2, 0.25) is 5.02 Å². The van der Waals surface area contributed by atoms with Gasteiger partial charge in [-0.05, 0) is 31.0 Å². The number of benzene rings is 1. The van der Waals surface area contributed by atoms with Crippen LogP contribution in [0.1, 0.15) is 18.4 Å². The van der Waals surface area contributed by atoms with Crippen molar-refractivity contribution in [2.75, 3.05) is 6.54 Å². The fourth-order valence-electron chi connectivity index (χ4n) is 2.29. The Morgan fingerprint density at radius 1 is 1.36 bits per heavy atom. The molecule has 22 heavy (non-hydrogen) atoms. The van der Waals surface area contributed by atoms with Gasteiger partial charge in [0.25, 0.3) is 0 Å². The Kier molecular flexibility index (Phi) is 4.42. The van der Waals surface area contributed by atoms with Gasteiger partial charge < -0.3 is 5.11 Å². The topological polar surface area (TPSA) is 74.7 Å². The summed E-state index contributed by atoms with van der Waals surface area (Å²) in [6, 6.07) is 0.631. The SMILES string of the molecule is O=C(O)[C@H]1CCCN1S(=O)(=O)c1ccc(C(F)(F)F)cc1Cl. The van der Waals surface area contributed by atoms with E-state index in [2.05, 4.69) is 0 Å². The molecule has 0 spiro atoms. The van der Waals surface area contributed by atoms with Gasteiger partial charge >= 0.3 is 12.1 Å². The number of alkyl halides is 3. The third-order valence-electron chi connectivity index (χ3n) is 3.33. The second-order valence-corrected chi connectivity index (χ2v) is 7.02. The number of nitrogens with zero attached hydrogens (tertiary/aromatic N) is 1. The Morgan fingerprint density at radius 3 is 2.50 bits per heavy atom. The molecule has 1 aliphatic rings. The summed E-state index contributed by atoms with van der Waals surface area (Å²) in [7, 11) is -4.27. The molecule has 0 amide bonds. The molecule has 1 aliphatic heterocycles. The van der Waals surface area contributed by atoms with E-state index < -0.39 is 43.7 Å². The molecular formula is C12H11ClF3NO4S. The first-order valence-corrected chi connectivity index (χ1v) is 7.98. The van der Waals surface area contributed by atoms with Crippen LogP contribution in [0.3, 0.4) is 0 Å². The highest BCUT2D eigenvalue weighted by atomic mass is 35.5. The van der Waals surface area contributed by atoms with Crippen LogP contribution in [0, 0.1) is 0 Å². The molecular weight excluding hydrogens is 347 g/mol. The zero-order chi connectivity index (χ0) is 16.7. The van der Waals surface area contributed by atoms with E-state index in [0.29, 0.717) is 18.6 Å². The number of hydrogen-bond acceptors (Lipinski definition) is 3. The van der Waals surface area contributed by atoms with Crippen molar-refractivity contribution < 1.29 is 31.5 Å². The summed E-state index contributed by atoms with van der Waals surface area (Å²) in [5, 5.41) is 8.43. The highest BCUT2D eigenvalue weighted by molar-refractivity contribution is 7.89. The van der Waals surface area contributed by atoms with Crippen LogP contribution < -0.4 is 0 Å². The number of carboxylic acid groups (broad SMARTS) is 1. The van der Waals surface area contributed by atoms with Crippen LogP contribution in [-0.4, -0.2) is 36.4 Å². The first-order chi connectivity index (χ1) is 10.0. The van der Waals surface area contributed by atoms with E-state index in [4.69, 9.17) is 16.7 Å². The minimum absolute atomic E-state index is 0.0172. The quantitative estimate of drug-likeness (QED) is 0.902. The van der Waals surface area contributed by atoms with Crippen molar-refractivity contribution in [2.24, 2.45) is 0 Å². The third kappa shape index (κ3) is 3.06. The molecule has 122 valence electrons. The lowest BCUT2D eigenvalue weighted by Gasteiger charge is -2.21. The molecule has 1 atom stereocenters. The number of carboxylic acids is 1. The van der Waals surface area contributed by atoms with Crippen molar-refractivity contribution in [2.45, 2.75) is 30.0 Å². The Bertz CT molecular complexity index is 705. The molecule has 0 radical (unpaired) electrons. The number of halogens is 4. The molecule has 1 saturated heterocycles. The fourth-order valence-corrected chi connectivity index (χ4v) is 4.46. The van der Waals surface area contributed by atoms with E-state index in [1.165, 1.54) is 0 Å². The smallest absolute Gasteiger partial charge is 0.416 e. The molecule has 2 rings (SSSR count). The Morgan fingerprint density at radius 2 is 2.00 bits per heavy atom. The molecule has 0 bridgehead atoms. The second-order valence-electron chi connectivity index (χ2n) is 4.75. The monoisotopic (exact) mass is 357 g/mol. The van der Waals surface area contributed by atoms with Gasteiger partial charge in [-0.3, -0.25) is 4.79 Å². The summed E-state index contributed by atoms with van der Waals surface area (Å²) in [4.78, 5) is 10.5. The maximum absolute atomic E-state index is 12.6. The number of carbonyl (C=O) groups is 1. The van der Waals surface area contributed by atoms with Crippen molar-refractivity contribution in [1.29, 1.82) is 0 Å². The van der Waals surface area contributed by atoms with E-state index in [1.807, 2.05) is 0 Å². The predicted octanol–water partition coefficient (Wildman–Crippen LogP) is 2.60. The van der Waals surface area contributed by atoms with Crippen molar-refractivity contribution in [3.05, 3.63) is 28.8 Å². The maximum Gasteiger partial charge on any atom is 0.416 e. The lowest BCUT2D eigenvalue weighted by Crippen LogP contribution is -2.40. The Labute approximate surface area is 129 Å². The average molecular weight is 358 g/mol. The number of hydrogen-bond donors (Lipinski definition) is 1. The van der Waals surface area contributed by atoms with Gasteiger partial charge in [-0.15, -0.1) is 0 Å². The second kappa shape index (κ2) is 5.71. The van der Waals surface area contributed by atoms with Crippen molar-refractivity contribution >= 4 is 27.6 Å². The van der Waals surface area contributed by atoms with Crippen molar-refractivity contribution in [1.82, 2.24) is 4.31 Å². The van der Waals surface area contributed by atoms with E-state index in [0.717, 1.165) is 10.4 Å². The van der Waals surface area contributed by atoms with Crippen molar-refractivity contribution in [3.63, 3.8) is 0 Å². The summed E-state index contributed by atoms with van der Waals surface area (Å²) in [5.41, 5.74) is -1.08. The van der Waals surface area contributed by atoms with Crippen molar-refractivity contribution in [3.8, 4) is 0 Å². The van der Waals surface area contributed by atoms with Gasteiger partial charge in [0.2, 0.25) is 10.0 Å². The molecule has 1 heterocycles. The number of rotatable bonds is 3. The van der Waals surface area contributed by atoms with Crippen LogP contribution in [0.15, 0.2) is 23.1 Å². The van der Waals surface area contributed by atoms with E-state index in [1.54, 1.807) is 0 Å². The molecule has 0 aliphatic carbocycles. The van der Waals surface area contributed by atoms with E-state index in [-0.39, 0.29) is 13.0 Å². The number of sulfonamides is 1. The van der Waals surface area contributed by atoms with Gasteiger partial charge in [0, 0.05) is 6.54 Å². The lowest BCUT2D eigenvalue weighted by molar-refractivity contribution is -0.140. The zero-order valence-electron chi connectivity index (χ0n) is 11.0. The van der Waals surface area contributed by atoms with Gasteiger partial charge in [-0.1, -0.05) is 11.6 Å². The molecule has 1 fully saturated rings. The van der Waals surface area contributed by atoms with Gasteiger partial charge in [-0.2, -0.15) is 17.5 Å². The van der Waals surface area contributed by atoms with Gasteiger partial charge in [0.15, 0.2) is 0 Å². The molecule has 0 unspecified atom stereocenters. The summed E-state index contributed by atoms with van der Waals surface area (Å²) >= 11 is 5.67. The summed E-state index contributed by atoms with van der Waals surface area (Å²) in [6.45, 7) is -0.0172. The first kappa shape index (κ1) is 17.0. The molecule has 0 aromatic heterocycles. The highest BCUT2D eigenvalue weighted by Crippen LogP contribution is 2.35. The van der Waals surface area contributed by atoms with Crippen LogP contribution in [0.25, 0.3) is 0 Å². The van der Waals surface area contributed by atoms with E-state index in [9.17, 15) is 26.4 Å². The van der Waals surface area contributed by atoms with Gasteiger partial charge in [0.1, 0.15) is 10.9 Å². The standard InChI is InChI=1S/C12H11ClF3NO4S/c13-8-6-7(12(14,15)16)3-4-10(8)22(20,21)17-5-1-2-9(17)11(18)19/h3-4,6,9H,1-2,5H2,(H,18,19)/t9-/m1/s1. The fraction of sp³-hybridized carbons (Fsp3) is 0.417. The molecule has 1 N–H and O–H groups in total. The third-order valence-corrected chi connectivity index (χ3v) is 5.73. The summed E-state index contributed by atoms with van der Waals surface area (Å²) in [6.07, 6.45) is -4.15. The number of aliphatic carboxylic acids is 1. The molecule has 1 aromatic rings. The highest BCUT2D eigenvalue weighted by Gasteiger charge is 2.41. The summed E-state index contributed by atoms with van der Waals surface area (Å²) < 4.78 is 63.3. The Hall–Kier alpha value is -1.32. The summed E-state index contributed by atoms with van der Waals surface area (Å²) in [5.74, 6) is -1.30. The van der Waals surface area contributed by atoms with Gasteiger partial charge in [-0.25, -0.2) is 8.42 Å². The van der Waals surface area contributed by atoms with Crippen LogP contribution >= 0.6 is 11.6 Å².